The van der Waals surface area contributed by atoms with Crippen LogP contribution in [-0.2, 0) is 11.3 Å². The van der Waals surface area contributed by atoms with Gasteiger partial charge in [0.2, 0.25) is 5.76 Å². The van der Waals surface area contributed by atoms with Crippen LogP contribution in [0, 0.1) is 0 Å². The Kier molecular flexibility index (Phi) is 4.52. The largest absolute Gasteiger partial charge is 0.453 e. The molecule has 0 radical (unpaired) electrons. The molecular weight excluding hydrogens is 306 g/mol. The van der Waals surface area contributed by atoms with Crippen molar-refractivity contribution in [1.82, 2.24) is 4.98 Å². The fourth-order valence-electron chi connectivity index (χ4n) is 2.17. The highest BCUT2D eigenvalue weighted by Gasteiger charge is 2.14. The van der Waals surface area contributed by atoms with Crippen molar-refractivity contribution in [3.63, 3.8) is 0 Å². The molecule has 0 aliphatic heterocycles. The first-order chi connectivity index (χ1) is 11.6. The van der Waals surface area contributed by atoms with Crippen LogP contribution in [0.25, 0.3) is 11.3 Å². The van der Waals surface area contributed by atoms with Gasteiger partial charge in [-0.3, -0.25) is 9.78 Å². The molecule has 0 aliphatic rings. The lowest BCUT2D eigenvalue weighted by molar-refractivity contribution is 0.0432. The Balaban J connectivity index is 1.68. The van der Waals surface area contributed by atoms with Crippen LogP contribution in [0.15, 0.2) is 65.2 Å². The first kappa shape index (κ1) is 15.7. The van der Waals surface area contributed by atoms with E-state index in [0.29, 0.717) is 17.0 Å². The molecule has 3 aromatic rings. The van der Waals surface area contributed by atoms with Gasteiger partial charge in [-0.1, -0.05) is 30.3 Å². The molecule has 0 amide bonds. The van der Waals surface area contributed by atoms with Gasteiger partial charge < -0.3 is 9.15 Å². The quantitative estimate of drug-likeness (QED) is 0.526. The van der Waals surface area contributed by atoms with Crippen LogP contribution in [0.3, 0.4) is 0 Å². The van der Waals surface area contributed by atoms with Crippen LogP contribution in [0.2, 0.25) is 0 Å². The highest BCUT2D eigenvalue weighted by atomic mass is 16.5. The minimum Gasteiger partial charge on any atom is -0.453 e. The summed E-state index contributed by atoms with van der Waals surface area (Å²) in [6.45, 7) is 1.60. The number of ether oxygens (including phenoxy) is 1. The van der Waals surface area contributed by atoms with Gasteiger partial charge in [0.1, 0.15) is 12.4 Å². The van der Waals surface area contributed by atoms with Gasteiger partial charge in [0.15, 0.2) is 5.78 Å². The maximum Gasteiger partial charge on any atom is 0.374 e. The summed E-state index contributed by atoms with van der Waals surface area (Å²) in [6, 6.07) is 15.6. The molecule has 0 fully saturated rings. The Morgan fingerprint density at radius 1 is 1.04 bits per heavy atom. The smallest absolute Gasteiger partial charge is 0.374 e. The molecule has 0 spiro atoms. The van der Waals surface area contributed by atoms with Crippen LogP contribution >= 0.6 is 0 Å². The molecule has 0 N–H and O–H groups in total. The molecule has 3 rings (SSSR count). The van der Waals surface area contributed by atoms with E-state index in [4.69, 9.17) is 9.15 Å². The van der Waals surface area contributed by atoms with Gasteiger partial charge in [-0.25, -0.2) is 4.79 Å². The Labute approximate surface area is 138 Å². The number of ketones is 1. The number of Topliss-reactive ketones (excluding diaryl/α,β-unsaturated/α-hetero) is 1. The molecule has 0 atom stereocenters. The zero-order valence-corrected chi connectivity index (χ0v) is 13.1. The van der Waals surface area contributed by atoms with Crippen molar-refractivity contribution in [2.24, 2.45) is 0 Å². The number of furan rings is 1. The summed E-state index contributed by atoms with van der Waals surface area (Å²) in [4.78, 5) is 27.4. The molecule has 5 nitrogen and oxygen atoms in total. The molecule has 0 saturated heterocycles. The second-order valence-electron chi connectivity index (χ2n) is 5.19. The molecule has 1 aromatic carbocycles. The Morgan fingerprint density at radius 2 is 1.83 bits per heavy atom. The van der Waals surface area contributed by atoms with Gasteiger partial charge in [0, 0.05) is 17.3 Å². The average molecular weight is 321 g/mol. The zero-order valence-electron chi connectivity index (χ0n) is 13.1. The fourth-order valence-corrected chi connectivity index (χ4v) is 2.17. The highest BCUT2D eigenvalue weighted by molar-refractivity contribution is 5.94. The predicted octanol–water partition coefficient (Wildman–Crippen LogP) is 3.90. The first-order valence-electron chi connectivity index (χ1n) is 7.42. The molecule has 0 unspecified atom stereocenters. The number of rotatable bonds is 5. The van der Waals surface area contributed by atoms with Crippen LogP contribution in [0.4, 0.5) is 0 Å². The summed E-state index contributed by atoms with van der Waals surface area (Å²) < 4.78 is 10.7. The Morgan fingerprint density at radius 3 is 2.50 bits per heavy atom. The first-order valence-corrected chi connectivity index (χ1v) is 7.42. The highest BCUT2D eigenvalue weighted by Crippen LogP contribution is 2.23. The molecule has 2 heterocycles. The van der Waals surface area contributed by atoms with E-state index < -0.39 is 5.97 Å². The maximum absolute atomic E-state index is 12.0. The topological polar surface area (TPSA) is 69.4 Å². The van der Waals surface area contributed by atoms with Crippen LogP contribution in [-0.4, -0.2) is 16.7 Å². The summed E-state index contributed by atoms with van der Waals surface area (Å²) in [7, 11) is 0. The van der Waals surface area contributed by atoms with Gasteiger partial charge >= 0.3 is 5.97 Å². The van der Waals surface area contributed by atoms with E-state index in [1.807, 2.05) is 6.07 Å². The molecule has 5 heteroatoms. The Hall–Kier alpha value is -3.21. The number of hydrogen-bond acceptors (Lipinski definition) is 5. The number of aromatic nitrogens is 1. The summed E-state index contributed by atoms with van der Waals surface area (Å²) in [5.74, 6) is 0.110. The lowest BCUT2D eigenvalue weighted by Gasteiger charge is -2.02. The molecular formula is C19H15NO4. The van der Waals surface area contributed by atoms with Crippen molar-refractivity contribution in [3.05, 3.63) is 77.8 Å². The molecule has 0 saturated carbocycles. The lowest BCUT2D eigenvalue weighted by Crippen LogP contribution is -2.04. The summed E-state index contributed by atoms with van der Waals surface area (Å²) in [5, 5.41) is 0. The lowest BCUT2D eigenvalue weighted by atomic mass is 10.1. The third-order valence-electron chi connectivity index (χ3n) is 3.46. The standard InChI is InChI=1S/C19H15NO4/c1-13(21)14-5-7-15(8-6-14)17-9-10-18(24-17)19(22)23-12-16-4-2-3-11-20-16/h2-11H,12H2,1H3. The van der Waals surface area contributed by atoms with Crippen molar-refractivity contribution in [3.8, 4) is 11.3 Å². The monoisotopic (exact) mass is 321 g/mol. The average Bonchev–Trinajstić information content (AvgIpc) is 3.11. The van der Waals surface area contributed by atoms with E-state index in [2.05, 4.69) is 4.98 Å². The summed E-state index contributed by atoms with van der Waals surface area (Å²) in [5.41, 5.74) is 2.07. The van der Waals surface area contributed by atoms with Gasteiger partial charge in [0.05, 0.1) is 5.69 Å². The number of carbonyl (C=O) groups is 2. The van der Waals surface area contributed by atoms with E-state index in [1.54, 1.807) is 54.7 Å². The third kappa shape index (κ3) is 3.57. The van der Waals surface area contributed by atoms with Crippen molar-refractivity contribution < 1.29 is 18.7 Å². The van der Waals surface area contributed by atoms with Crippen molar-refractivity contribution in [2.45, 2.75) is 13.5 Å². The minimum atomic E-state index is -0.549. The second kappa shape index (κ2) is 6.91. The predicted molar refractivity (Wildman–Crippen MR) is 87.5 cm³/mol. The summed E-state index contributed by atoms with van der Waals surface area (Å²) >= 11 is 0. The summed E-state index contributed by atoms with van der Waals surface area (Å²) in [6.07, 6.45) is 1.64. The molecule has 0 aliphatic carbocycles. The Bertz CT molecular complexity index is 851. The number of carbonyl (C=O) groups excluding carboxylic acids is 2. The minimum absolute atomic E-state index is 0.000201. The van der Waals surface area contributed by atoms with Crippen molar-refractivity contribution >= 4 is 11.8 Å². The van der Waals surface area contributed by atoms with Crippen molar-refractivity contribution in [1.29, 1.82) is 0 Å². The SMILES string of the molecule is CC(=O)c1ccc(-c2ccc(C(=O)OCc3ccccn3)o2)cc1. The number of benzene rings is 1. The number of nitrogens with zero attached hydrogens (tertiary/aromatic N) is 1. The molecule has 2 aromatic heterocycles. The normalized spacial score (nSPS) is 10.4. The number of esters is 1. The van der Waals surface area contributed by atoms with Gasteiger partial charge in [-0.05, 0) is 31.2 Å². The van der Waals surface area contributed by atoms with E-state index in [0.717, 1.165) is 5.56 Å². The van der Waals surface area contributed by atoms with Crippen LogP contribution < -0.4 is 0 Å². The number of hydrogen-bond donors (Lipinski definition) is 0. The zero-order chi connectivity index (χ0) is 16.9. The number of pyridine rings is 1. The van der Waals surface area contributed by atoms with E-state index in [1.165, 1.54) is 6.92 Å². The molecule has 120 valence electrons. The van der Waals surface area contributed by atoms with Gasteiger partial charge in [0.25, 0.3) is 0 Å². The fraction of sp³-hybridized carbons (Fsp3) is 0.105. The van der Waals surface area contributed by atoms with Gasteiger partial charge in [-0.2, -0.15) is 0 Å². The van der Waals surface area contributed by atoms with Crippen molar-refractivity contribution in [2.75, 3.05) is 0 Å². The third-order valence-corrected chi connectivity index (χ3v) is 3.46. The second-order valence-corrected chi connectivity index (χ2v) is 5.19. The van der Waals surface area contributed by atoms with Gasteiger partial charge in [-0.15, -0.1) is 0 Å². The molecule has 0 bridgehead atoms. The molecule has 24 heavy (non-hydrogen) atoms. The van der Waals surface area contributed by atoms with E-state index in [9.17, 15) is 9.59 Å². The van der Waals surface area contributed by atoms with E-state index >= 15 is 0 Å². The van der Waals surface area contributed by atoms with Crippen LogP contribution in [0.5, 0.6) is 0 Å². The van der Waals surface area contributed by atoms with E-state index in [-0.39, 0.29) is 18.2 Å². The van der Waals surface area contributed by atoms with Crippen LogP contribution in [0.1, 0.15) is 33.5 Å². The maximum atomic E-state index is 12.0.